The molecule has 0 saturated heterocycles. The number of esters is 1. The predicted molar refractivity (Wildman–Crippen MR) is 71.7 cm³/mol. The van der Waals surface area contributed by atoms with Gasteiger partial charge in [-0.3, -0.25) is 5.32 Å². The lowest BCUT2D eigenvalue weighted by molar-refractivity contribution is -0.144. The van der Waals surface area contributed by atoms with E-state index in [1.165, 1.54) is 25.3 Å². The zero-order valence-corrected chi connectivity index (χ0v) is 11.5. The van der Waals surface area contributed by atoms with Crippen LogP contribution in [0.3, 0.4) is 0 Å². The molecular formula is C14H27NO2. The van der Waals surface area contributed by atoms with Gasteiger partial charge in [-0.1, -0.05) is 46.1 Å². The summed E-state index contributed by atoms with van der Waals surface area (Å²) in [4.78, 5) is 11.0. The van der Waals surface area contributed by atoms with Crippen LogP contribution in [0.25, 0.3) is 0 Å². The minimum absolute atomic E-state index is 0.237. The first-order chi connectivity index (χ1) is 8.13. The van der Waals surface area contributed by atoms with Gasteiger partial charge in [0.1, 0.15) is 0 Å². The maximum atomic E-state index is 11.0. The second kappa shape index (κ2) is 10.3. The summed E-state index contributed by atoms with van der Waals surface area (Å²) in [5.41, 5.74) is 0. The Bertz CT molecular complexity index is 216. The summed E-state index contributed by atoms with van der Waals surface area (Å²) >= 11 is 0. The van der Waals surface area contributed by atoms with Crippen molar-refractivity contribution in [2.45, 2.75) is 71.6 Å². The Balaban J connectivity index is 3.95. The minimum atomic E-state index is -0.367. The van der Waals surface area contributed by atoms with E-state index in [1.54, 1.807) is 0 Å². The van der Waals surface area contributed by atoms with Crippen molar-refractivity contribution in [1.82, 2.24) is 5.32 Å². The summed E-state index contributed by atoms with van der Waals surface area (Å²) in [6, 6.07) is 0.444. The summed E-state index contributed by atoms with van der Waals surface area (Å²) < 4.78 is 5.11. The summed E-state index contributed by atoms with van der Waals surface area (Å²) in [5.74, 6) is -0.367. The Morgan fingerprint density at radius 3 is 2.53 bits per heavy atom. The van der Waals surface area contributed by atoms with Crippen LogP contribution < -0.4 is 5.32 Å². The van der Waals surface area contributed by atoms with Crippen molar-refractivity contribution < 1.29 is 9.53 Å². The fraction of sp³-hybridized carbons (Fsp3) is 0.786. The molecule has 0 radical (unpaired) electrons. The Morgan fingerprint density at radius 1 is 1.29 bits per heavy atom. The number of carbonyl (C=O) groups is 1. The van der Waals surface area contributed by atoms with Crippen LogP contribution in [0.4, 0.5) is 0 Å². The van der Waals surface area contributed by atoms with Gasteiger partial charge in [0.2, 0.25) is 0 Å². The van der Waals surface area contributed by atoms with E-state index < -0.39 is 0 Å². The third-order valence-corrected chi connectivity index (χ3v) is 2.72. The lowest BCUT2D eigenvalue weighted by Crippen LogP contribution is -2.39. The van der Waals surface area contributed by atoms with Crippen molar-refractivity contribution in [2.24, 2.45) is 0 Å². The molecule has 3 heteroatoms. The van der Waals surface area contributed by atoms with Crippen LogP contribution in [0.5, 0.6) is 0 Å². The third kappa shape index (κ3) is 8.93. The molecule has 1 N–H and O–H groups in total. The molecule has 0 aromatic heterocycles. The number of hydrogen-bond donors (Lipinski definition) is 1. The van der Waals surface area contributed by atoms with Crippen LogP contribution >= 0.6 is 0 Å². The monoisotopic (exact) mass is 241 g/mol. The van der Waals surface area contributed by atoms with Gasteiger partial charge < -0.3 is 4.74 Å². The highest BCUT2D eigenvalue weighted by molar-refractivity contribution is 5.81. The highest BCUT2D eigenvalue weighted by Crippen LogP contribution is 2.09. The average Bonchev–Trinajstić information content (AvgIpc) is 2.29. The van der Waals surface area contributed by atoms with Crippen molar-refractivity contribution in [3.8, 4) is 0 Å². The predicted octanol–water partition coefficient (Wildman–Crippen LogP) is 3.40. The number of carbonyl (C=O) groups excluding carboxylic acids is 1. The zero-order chi connectivity index (χ0) is 13.1. The van der Waals surface area contributed by atoms with E-state index in [2.05, 4.69) is 25.7 Å². The van der Waals surface area contributed by atoms with Crippen molar-refractivity contribution in [3.63, 3.8) is 0 Å². The van der Waals surface area contributed by atoms with Crippen molar-refractivity contribution in [3.05, 3.63) is 12.7 Å². The first-order valence-corrected chi connectivity index (χ1v) is 6.73. The normalized spacial score (nSPS) is 14.1. The molecular weight excluding hydrogens is 214 g/mol. The standard InChI is InChI=1S/C14H27NO2/c1-5-8-9-11-13(10-6-2)15-12(4)17-14(16)7-3/h7,12-13,15H,3,5-6,8-11H2,1-2,4H3. The zero-order valence-electron chi connectivity index (χ0n) is 11.5. The van der Waals surface area contributed by atoms with Crippen LogP contribution in [0, 0.1) is 0 Å². The average molecular weight is 241 g/mol. The molecule has 17 heavy (non-hydrogen) atoms. The smallest absolute Gasteiger partial charge is 0.331 e. The fourth-order valence-electron chi connectivity index (χ4n) is 1.89. The molecule has 0 aliphatic heterocycles. The van der Waals surface area contributed by atoms with Gasteiger partial charge in [-0.05, 0) is 19.8 Å². The first kappa shape index (κ1) is 16.2. The van der Waals surface area contributed by atoms with Crippen LogP contribution in [-0.4, -0.2) is 18.2 Å². The molecule has 3 nitrogen and oxygen atoms in total. The van der Waals surface area contributed by atoms with Crippen LogP contribution in [0.15, 0.2) is 12.7 Å². The molecule has 0 aromatic carbocycles. The Morgan fingerprint density at radius 2 is 2.00 bits per heavy atom. The topological polar surface area (TPSA) is 38.3 Å². The molecule has 2 atom stereocenters. The summed E-state index contributed by atoms with van der Waals surface area (Å²) in [5, 5.41) is 3.35. The van der Waals surface area contributed by atoms with Crippen molar-refractivity contribution in [1.29, 1.82) is 0 Å². The van der Waals surface area contributed by atoms with E-state index >= 15 is 0 Å². The van der Waals surface area contributed by atoms with Gasteiger partial charge in [-0.2, -0.15) is 0 Å². The number of unbranched alkanes of at least 4 members (excludes halogenated alkanes) is 2. The van der Waals surface area contributed by atoms with Crippen LogP contribution in [0.2, 0.25) is 0 Å². The lowest BCUT2D eigenvalue weighted by atomic mass is 10.0. The molecule has 0 aliphatic carbocycles. The number of ether oxygens (including phenoxy) is 1. The number of rotatable bonds is 10. The van der Waals surface area contributed by atoms with Gasteiger partial charge >= 0.3 is 5.97 Å². The molecule has 2 unspecified atom stereocenters. The molecule has 0 rings (SSSR count). The molecule has 0 heterocycles. The van der Waals surface area contributed by atoms with E-state index in [1.807, 2.05) is 6.92 Å². The minimum Gasteiger partial charge on any atom is -0.444 e. The van der Waals surface area contributed by atoms with Crippen molar-refractivity contribution >= 4 is 5.97 Å². The van der Waals surface area contributed by atoms with E-state index in [4.69, 9.17) is 4.74 Å². The van der Waals surface area contributed by atoms with Gasteiger partial charge in [-0.25, -0.2) is 4.79 Å². The molecule has 0 aliphatic rings. The SMILES string of the molecule is C=CC(=O)OC(C)NC(CCC)CCCCC. The van der Waals surface area contributed by atoms with E-state index in [-0.39, 0.29) is 12.2 Å². The highest BCUT2D eigenvalue weighted by atomic mass is 16.6. The van der Waals surface area contributed by atoms with E-state index in [9.17, 15) is 4.79 Å². The number of hydrogen-bond acceptors (Lipinski definition) is 3. The largest absolute Gasteiger partial charge is 0.444 e. The lowest BCUT2D eigenvalue weighted by Gasteiger charge is -2.22. The number of nitrogens with one attached hydrogen (secondary N) is 1. The Hall–Kier alpha value is -0.830. The molecule has 0 saturated carbocycles. The molecule has 100 valence electrons. The van der Waals surface area contributed by atoms with Gasteiger partial charge in [-0.15, -0.1) is 0 Å². The second-order valence-electron chi connectivity index (χ2n) is 4.43. The van der Waals surface area contributed by atoms with E-state index in [0.29, 0.717) is 6.04 Å². The van der Waals surface area contributed by atoms with Gasteiger partial charge in [0.05, 0.1) is 0 Å². The van der Waals surface area contributed by atoms with Crippen LogP contribution in [-0.2, 0) is 9.53 Å². The van der Waals surface area contributed by atoms with Gasteiger partial charge in [0.15, 0.2) is 6.23 Å². The third-order valence-electron chi connectivity index (χ3n) is 2.72. The highest BCUT2D eigenvalue weighted by Gasteiger charge is 2.12. The van der Waals surface area contributed by atoms with Gasteiger partial charge in [0, 0.05) is 12.1 Å². The molecule has 0 bridgehead atoms. The molecule has 0 fully saturated rings. The molecule has 0 aromatic rings. The van der Waals surface area contributed by atoms with Crippen LogP contribution in [0.1, 0.15) is 59.3 Å². The Labute approximate surface area is 106 Å². The molecule has 0 spiro atoms. The van der Waals surface area contributed by atoms with Crippen molar-refractivity contribution in [2.75, 3.05) is 0 Å². The van der Waals surface area contributed by atoms with E-state index in [0.717, 1.165) is 19.3 Å². The fourth-order valence-corrected chi connectivity index (χ4v) is 1.89. The summed E-state index contributed by atoms with van der Waals surface area (Å²) in [6.45, 7) is 9.63. The summed E-state index contributed by atoms with van der Waals surface area (Å²) in [7, 11) is 0. The first-order valence-electron chi connectivity index (χ1n) is 6.73. The van der Waals surface area contributed by atoms with Gasteiger partial charge in [0.25, 0.3) is 0 Å². The quantitative estimate of drug-likeness (QED) is 0.276. The second-order valence-corrected chi connectivity index (χ2v) is 4.43. The maximum absolute atomic E-state index is 11.0. The molecule has 0 amide bonds. The Kier molecular flexibility index (Phi) is 9.83. The maximum Gasteiger partial charge on any atom is 0.331 e. The summed E-state index contributed by atoms with van der Waals surface area (Å²) in [6.07, 6.45) is 8.12.